The summed E-state index contributed by atoms with van der Waals surface area (Å²) < 4.78 is 18.1. The van der Waals surface area contributed by atoms with Crippen LogP contribution in [-0.4, -0.2) is 62.0 Å². The highest BCUT2D eigenvalue weighted by Crippen LogP contribution is 2.25. The van der Waals surface area contributed by atoms with Crippen LogP contribution in [0.4, 0.5) is 10.1 Å². The highest BCUT2D eigenvalue weighted by Gasteiger charge is 2.19. The number of piperazine rings is 1. The zero-order valence-electron chi connectivity index (χ0n) is 15.6. The van der Waals surface area contributed by atoms with E-state index in [1.165, 1.54) is 31.5 Å². The minimum Gasteiger partial charge on any atom is -0.504 e. The molecule has 0 atom stereocenters. The van der Waals surface area contributed by atoms with Gasteiger partial charge in [0.1, 0.15) is 5.82 Å². The molecule has 1 aliphatic rings. The van der Waals surface area contributed by atoms with Gasteiger partial charge in [0.15, 0.2) is 11.5 Å². The summed E-state index contributed by atoms with van der Waals surface area (Å²) >= 11 is 0. The van der Waals surface area contributed by atoms with Crippen molar-refractivity contribution < 1.29 is 19.0 Å². The highest BCUT2D eigenvalue weighted by molar-refractivity contribution is 5.83. The average Bonchev–Trinajstić information content (AvgIpc) is 2.70. The Morgan fingerprint density at radius 3 is 2.61 bits per heavy atom. The second kappa shape index (κ2) is 9.18. The molecule has 7 nitrogen and oxygen atoms in total. The van der Waals surface area contributed by atoms with Crippen molar-refractivity contribution in [2.75, 3.05) is 44.7 Å². The Morgan fingerprint density at radius 1 is 1.21 bits per heavy atom. The van der Waals surface area contributed by atoms with Crippen molar-refractivity contribution in [1.29, 1.82) is 0 Å². The van der Waals surface area contributed by atoms with Crippen LogP contribution in [0.3, 0.4) is 0 Å². The number of nitrogens with zero attached hydrogens (tertiary/aromatic N) is 3. The number of halogens is 1. The van der Waals surface area contributed by atoms with Crippen LogP contribution in [0.15, 0.2) is 47.6 Å². The molecule has 1 aliphatic heterocycles. The van der Waals surface area contributed by atoms with Crippen molar-refractivity contribution in [3.05, 3.63) is 53.8 Å². The summed E-state index contributed by atoms with van der Waals surface area (Å²) in [5, 5.41) is 13.5. The van der Waals surface area contributed by atoms with Gasteiger partial charge in [-0.2, -0.15) is 5.10 Å². The number of anilines is 1. The van der Waals surface area contributed by atoms with Crippen molar-refractivity contribution in [2.45, 2.75) is 0 Å². The molecule has 0 spiro atoms. The maximum absolute atomic E-state index is 13.0. The fraction of sp³-hybridized carbons (Fsp3) is 0.300. The lowest BCUT2D eigenvalue weighted by atomic mass is 10.2. The fourth-order valence-electron chi connectivity index (χ4n) is 3.01. The summed E-state index contributed by atoms with van der Waals surface area (Å²) in [4.78, 5) is 16.3. The lowest BCUT2D eigenvalue weighted by Gasteiger charge is -2.35. The number of phenols is 1. The van der Waals surface area contributed by atoms with Crippen LogP contribution in [0.2, 0.25) is 0 Å². The number of hydrazone groups is 1. The summed E-state index contributed by atoms with van der Waals surface area (Å²) in [6, 6.07) is 11.2. The van der Waals surface area contributed by atoms with Crippen molar-refractivity contribution in [3.8, 4) is 11.5 Å². The molecular weight excluding hydrogens is 363 g/mol. The highest BCUT2D eigenvalue weighted by atomic mass is 19.1. The van der Waals surface area contributed by atoms with E-state index in [1.54, 1.807) is 24.3 Å². The summed E-state index contributed by atoms with van der Waals surface area (Å²) in [7, 11) is 1.47. The summed E-state index contributed by atoms with van der Waals surface area (Å²) in [5.74, 6) is -0.0552. The molecule has 2 N–H and O–H groups in total. The Labute approximate surface area is 163 Å². The van der Waals surface area contributed by atoms with E-state index in [1.807, 2.05) is 0 Å². The van der Waals surface area contributed by atoms with E-state index in [-0.39, 0.29) is 24.0 Å². The second-order valence-corrected chi connectivity index (χ2v) is 6.46. The SMILES string of the molecule is COc1cc(C=NNC(=O)CN2CCN(c3ccc(F)cc3)CC2)ccc1O. The number of carbonyl (C=O) groups is 1. The number of phenolic OH excluding ortho intramolecular Hbond substituents is 1. The van der Waals surface area contributed by atoms with Crippen LogP contribution in [0.25, 0.3) is 0 Å². The van der Waals surface area contributed by atoms with Crippen LogP contribution in [0.5, 0.6) is 11.5 Å². The Balaban J connectivity index is 1.44. The first-order chi connectivity index (χ1) is 13.5. The standard InChI is InChI=1S/C20H23FN4O3/c1-28-19-12-15(2-7-18(19)26)13-22-23-20(27)14-24-8-10-25(11-9-24)17-5-3-16(21)4-6-17/h2-7,12-13,26H,8-11,14H2,1H3,(H,23,27). The van der Waals surface area contributed by atoms with Gasteiger partial charge in [-0.25, -0.2) is 9.82 Å². The van der Waals surface area contributed by atoms with E-state index < -0.39 is 0 Å². The summed E-state index contributed by atoms with van der Waals surface area (Å²) in [6.07, 6.45) is 1.49. The zero-order valence-corrected chi connectivity index (χ0v) is 15.6. The predicted molar refractivity (Wildman–Crippen MR) is 105 cm³/mol. The molecule has 1 saturated heterocycles. The number of hydrogen-bond acceptors (Lipinski definition) is 6. The topological polar surface area (TPSA) is 77.4 Å². The molecule has 0 saturated carbocycles. The normalized spacial score (nSPS) is 15.0. The minimum atomic E-state index is -0.245. The molecule has 1 amide bonds. The lowest BCUT2D eigenvalue weighted by molar-refractivity contribution is -0.122. The number of methoxy groups -OCH3 is 1. The van der Waals surface area contributed by atoms with Gasteiger partial charge < -0.3 is 14.7 Å². The monoisotopic (exact) mass is 386 g/mol. The summed E-state index contributed by atoms with van der Waals surface area (Å²) in [5.41, 5.74) is 4.19. The molecule has 0 radical (unpaired) electrons. The van der Waals surface area contributed by atoms with E-state index >= 15 is 0 Å². The number of benzene rings is 2. The number of nitrogens with one attached hydrogen (secondary N) is 1. The van der Waals surface area contributed by atoms with Crippen molar-refractivity contribution in [2.24, 2.45) is 5.10 Å². The second-order valence-electron chi connectivity index (χ2n) is 6.46. The van der Waals surface area contributed by atoms with Crippen molar-refractivity contribution in [1.82, 2.24) is 10.3 Å². The lowest BCUT2D eigenvalue weighted by Crippen LogP contribution is -2.49. The molecule has 8 heteroatoms. The van der Waals surface area contributed by atoms with Crippen LogP contribution in [0, 0.1) is 5.82 Å². The minimum absolute atomic E-state index is 0.0449. The molecular formula is C20H23FN4O3. The number of rotatable bonds is 6. The maximum atomic E-state index is 13.0. The fourth-order valence-corrected chi connectivity index (χ4v) is 3.01. The Morgan fingerprint density at radius 2 is 1.93 bits per heavy atom. The average molecular weight is 386 g/mol. The number of hydrogen-bond donors (Lipinski definition) is 2. The summed E-state index contributed by atoms with van der Waals surface area (Å²) in [6.45, 7) is 3.28. The smallest absolute Gasteiger partial charge is 0.254 e. The Hall–Kier alpha value is -3.13. The van der Waals surface area contributed by atoms with Crippen molar-refractivity contribution >= 4 is 17.8 Å². The van der Waals surface area contributed by atoms with Crippen LogP contribution in [-0.2, 0) is 4.79 Å². The van der Waals surface area contributed by atoms with Gasteiger partial charge >= 0.3 is 0 Å². The van der Waals surface area contributed by atoms with Gasteiger partial charge in [-0.3, -0.25) is 9.69 Å². The molecule has 0 aliphatic carbocycles. The maximum Gasteiger partial charge on any atom is 0.254 e. The Kier molecular flexibility index (Phi) is 6.44. The van der Waals surface area contributed by atoms with Crippen LogP contribution < -0.4 is 15.1 Å². The molecule has 148 valence electrons. The quantitative estimate of drug-likeness (QED) is 0.585. The van der Waals surface area contributed by atoms with E-state index in [4.69, 9.17) is 4.74 Å². The van der Waals surface area contributed by atoms with Crippen LogP contribution >= 0.6 is 0 Å². The van der Waals surface area contributed by atoms with Gasteiger partial charge in [-0.05, 0) is 48.0 Å². The third-order valence-electron chi connectivity index (χ3n) is 4.54. The van der Waals surface area contributed by atoms with E-state index in [9.17, 15) is 14.3 Å². The largest absolute Gasteiger partial charge is 0.504 e. The van der Waals surface area contributed by atoms with Gasteiger partial charge in [0.05, 0.1) is 19.9 Å². The molecule has 1 fully saturated rings. The van der Waals surface area contributed by atoms with Crippen molar-refractivity contribution in [3.63, 3.8) is 0 Å². The van der Waals surface area contributed by atoms with Gasteiger partial charge in [-0.1, -0.05) is 0 Å². The van der Waals surface area contributed by atoms with E-state index in [2.05, 4.69) is 20.3 Å². The van der Waals surface area contributed by atoms with E-state index in [0.717, 1.165) is 31.9 Å². The molecule has 0 unspecified atom stereocenters. The predicted octanol–water partition coefficient (Wildman–Crippen LogP) is 1.81. The van der Waals surface area contributed by atoms with Gasteiger partial charge in [0.25, 0.3) is 5.91 Å². The number of ether oxygens (including phenoxy) is 1. The van der Waals surface area contributed by atoms with Gasteiger partial charge in [-0.15, -0.1) is 0 Å². The van der Waals surface area contributed by atoms with Gasteiger partial charge in [0, 0.05) is 31.9 Å². The number of aromatic hydroxyl groups is 1. The van der Waals surface area contributed by atoms with Crippen LogP contribution in [0.1, 0.15) is 5.56 Å². The molecule has 0 aromatic heterocycles. The van der Waals surface area contributed by atoms with E-state index in [0.29, 0.717) is 11.3 Å². The number of carbonyl (C=O) groups excluding carboxylic acids is 1. The molecule has 3 rings (SSSR count). The number of amides is 1. The molecule has 1 heterocycles. The Bertz CT molecular complexity index is 834. The molecule has 28 heavy (non-hydrogen) atoms. The first kappa shape index (κ1) is 19.6. The molecule has 2 aromatic rings. The third kappa shape index (κ3) is 5.20. The third-order valence-corrected chi connectivity index (χ3v) is 4.54. The van der Waals surface area contributed by atoms with Gasteiger partial charge in [0.2, 0.25) is 0 Å². The first-order valence-electron chi connectivity index (χ1n) is 8.97. The molecule has 2 aromatic carbocycles. The first-order valence-corrected chi connectivity index (χ1v) is 8.97. The zero-order chi connectivity index (χ0) is 19.9. The molecule has 0 bridgehead atoms.